The van der Waals surface area contributed by atoms with Gasteiger partial charge in [-0.15, -0.1) is 0 Å². The first-order chi connectivity index (χ1) is 14.3. The molecule has 156 valence electrons. The number of halogens is 1. The van der Waals surface area contributed by atoms with Gasteiger partial charge in [0, 0.05) is 10.7 Å². The summed E-state index contributed by atoms with van der Waals surface area (Å²) in [5, 5.41) is 9.74. The summed E-state index contributed by atoms with van der Waals surface area (Å²) in [5.74, 6) is -1.31. The number of carboxylic acids is 1. The maximum absolute atomic E-state index is 12.5. The molecule has 2 N–H and O–H groups in total. The third-order valence-electron chi connectivity index (χ3n) is 4.83. The number of nitrogens with one attached hydrogen (secondary N) is 1. The molecular weight excluding hydrogens is 422 g/mol. The van der Waals surface area contributed by atoms with E-state index >= 15 is 0 Å². The van der Waals surface area contributed by atoms with Crippen molar-refractivity contribution in [2.45, 2.75) is 30.6 Å². The predicted octanol–water partition coefficient (Wildman–Crippen LogP) is 5.31. The molecule has 0 amide bonds. The number of anilines is 1. The second-order valence-electron chi connectivity index (χ2n) is 6.97. The van der Waals surface area contributed by atoms with Gasteiger partial charge in [-0.1, -0.05) is 54.9 Å². The molecule has 3 aromatic rings. The van der Waals surface area contributed by atoms with Crippen LogP contribution in [0.1, 0.15) is 36.0 Å². The summed E-state index contributed by atoms with van der Waals surface area (Å²) in [6, 6.07) is 20.7. The molecule has 0 aliphatic heterocycles. The molecule has 0 aliphatic rings. The maximum atomic E-state index is 12.5. The van der Waals surface area contributed by atoms with Gasteiger partial charge in [0.1, 0.15) is 0 Å². The molecule has 0 spiro atoms. The quantitative estimate of drug-likeness (QED) is 0.494. The molecule has 0 heterocycles. The van der Waals surface area contributed by atoms with Crippen molar-refractivity contribution in [3.63, 3.8) is 0 Å². The summed E-state index contributed by atoms with van der Waals surface area (Å²) in [6.07, 6.45) is 1.20. The number of carboxylic acid groups (broad SMARTS) is 1. The molecule has 1 unspecified atom stereocenters. The minimum Gasteiger partial charge on any atom is -0.481 e. The minimum atomic E-state index is -3.68. The first-order valence-electron chi connectivity index (χ1n) is 9.47. The maximum Gasteiger partial charge on any atom is 0.310 e. The highest BCUT2D eigenvalue weighted by Gasteiger charge is 2.17. The van der Waals surface area contributed by atoms with Gasteiger partial charge in [0.25, 0.3) is 10.0 Å². The standard InChI is InChI=1S/C23H22ClNO4S/c1-2-22(23(26)27)18-7-3-16(4-8-18)15-17-5-11-20(12-6-17)25-30(28,29)21-13-9-19(24)10-14-21/h3-14,22,25H,2,15H2,1H3,(H,26,27). The molecule has 0 fully saturated rings. The molecular formula is C23H22ClNO4S. The molecule has 0 radical (unpaired) electrons. The number of rotatable bonds is 8. The SMILES string of the molecule is CCC(C(=O)O)c1ccc(Cc2ccc(NS(=O)(=O)c3ccc(Cl)cc3)cc2)cc1. The third-order valence-corrected chi connectivity index (χ3v) is 6.48. The Morgan fingerprint density at radius 2 is 1.47 bits per heavy atom. The van der Waals surface area contributed by atoms with Crippen molar-refractivity contribution in [1.29, 1.82) is 0 Å². The fourth-order valence-electron chi connectivity index (χ4n) is 3.17. The van der Waals surface area contributed by atoms with E-state index in [2.05, 4.69) is 4.72 Å². The van der Waals surface area contributed by atoms with Gasteiger partial charge in [-0.3, -0.25) is 9.52 Å². The highest BCUT2D eigenvalue weighted by molar-refractivity contribution is 7.92. The van der Waals surface area contributed by atoms with E-state index in [4.69, 9.17) is 11.6 Å². The summed E-state index contributed by atoms with van der Waals surface area (Å²) in [5.41, 5.74) is 3.33. The number of hydrogen-bond acceptors (Lipinski definition) is 3. The van der Waals surface area contributed by atoms with Crippen molar-refractivity contribution in [2.75, 3.05) is 4.72 Å². The summed E-state index contributed by atoms with van der Waals surface area (Å²) in [6.45, 7) is 1.86. The molecule has 3 aromatic carbocycles. The highest BCUT2D eigenvalue weighted by atomic mass is 35.5. The molecule has 5 nitrogen and oxygen atoms in total. The molecule has 0 saturated carbocycles. The Labute approximate surface area is 181 Å². The molecule has 1 atom stereocenters. The van der Waals surface area contributed by atoms with E-state index in [1.54, 1.807) is 12.1 Å². The van der Waals surface area contributed by atoms with Gasteiger partial charge in [0.05, 0.1) is 10.8 Å². The van der Waals surface area contributed by atoms with Crippen LogP contribution in [0.2, 0.25) is 5.02 Å². The van der Waals surface area contributed by atoms with Crippen LogP contribution in [-0.2, 0) is 21.2 Å². The van der Waals surface area contributed by atoms with E-state index in [1.807, 2.05) is 43.3 Å². The largest absolute Gasteiger partial charge is 0.481 e. The Bertz CT molecular complexity index is 1110. The van der Waals surface area contributed by atoms with E-state index in [-0.39, 0.29) is 4.90 Å². The van der Waals surface area contributed by atoms with Crippen LogP contribution in [0, 0.1) is 0 Å². The number of benzene rings is 3. The molecule has 3 rings (SSSR count). The Balaban J connectivity index is 1.67. The molecule has 0 aromatic heterocycles. The van der Waals surface area contributed by atoms with Crippen LogP contribution in [0.5, 0.6) is 0 Å². The van der Waals surface area contributed by atoms with E-state index < -0.39 is 21.9 Å². The lowest BCUT2D eigenvalue weighted by Crippen LogP contribution is -2.12. The second-order valence-corrected chi connectivity index (χ2v) is 9.09. The van der Waals surface area contributed by atoms with Gasteiger partial charge in [0.15, 0.2) is 0 Å². The van der Waals surface area contributed by atoms with Gasteiger partial charge in [-0.25, -0.2) is 8.42 Å². The van der Waals surface area contributed by atoms with Crippen LogP contribution < -0.4 is 4.72 Å². The average molecular weight is 444 g/mol. The van der Waals surface area contributed by atoms with Crippen LogP contribution >= 0.6 is 11.6 Å². The van der Waals surface area contributed by atoms with E-state index in [1.165, 1.54) is 24.3 Å². The monoisotopic (exact) mass is 443 g/mol. The van der Waals surface area contributed by atoms with Crippen LogP contribution in [0.3, 0.4) is 0 Å². The van der Waals surface area contributed by atoms with E-state index in [9.17, 15) is 18.3 Å². The summed E-state index contributed by atoms with van der Waals surface area (Å²) >= 11 is 5.81. The molecule has 0 saturated heterocycles. The number of aliphatic carboxylic acids is 1. The lowest BCUT2D eigenvalue weighted by Gasteiger charge is -2.11. The third kappa shape index (κ3) is 5.40. The topological polar surface area (TPSA) is 83.5 Å². The first-order valence-corrected chi connectivity index (χ1v) is 11.3. The minimum absolute atomic E-state index is 0.141. The number of sulfonamides is 1. The fourth-order valence-corrected chi connectivity index (χ4v) is 4.36. The second kappa shape index (κ2) is 9.32. The van der Waals surface area contributed by atoms with Crippen LogP contribution in [0.4, 0.5) is 5.69 Å². The summed E-state index contributed by atoms with van der Waals surface area (Å²) in [4.78, 5) is 11.4. The van der Waals surface area contributed by atoms with Gasteiger partial charge in [0.2, 0.25) is 0 Å². The van der Waals surface area contributed by atoms with Gasteiger partial charge in [-0.2, -0.15) is 0 Å². The molecule has 30 heavy (non-hydrogen) atoms. The van der Waals surface area contributed by atoms with Crippen LogP contribution in [-0.4, -0.2) is 19.5 Å². The lowest BCUT2D eigenvalue weighted by atomic mass is 9.94. The Hall–Kier alpha value is -2.83. The van der Waals surface area contributed by atoms with Gasteiger partial charge in [-0.05, 0) is 65.9 Å². The Morgan fingerprint density at radius 3 is 1.97 bits per heavy atom. The first kappa shape index (κ1) is 21.9. The Kier molecular flexibility index (Phi) is 6.80. The average Bonchev–Trinajstić information content (AvgIpc) is 2.71. The van der Waals surface area contributed by atoms with E-state index in [0.29, 0.717) is 23.6 Å². The van der Waals surface area contributed by atoms with Crippen LogP contribution in [0.25, 0.3) is 0 Å². The summed E-state index contributed by atoms with van der Waals surface area (Å²) in [7, 11) is -3.68. The highest BCUT2D eigenvalue weighted by Crippen LogP contribution is 2.22. The fraction of sp³-hybridized carbons (Fsp3) is 0.174. The van der Waals surface area contributed by atoms with Crippen molar-refractivity contribution in [1.82, 2.24) is 0 Å². The van der Waals surface area contributed by atoms with Gasteiger partial charge < -0.3 is 5.11 Å². The lowest BCUT2D eigenvalue weighted by molar-refractivity contribution is -0.138. The van der Waals surface area contributed by atoms with Crippen molar-refractivity contribution < 1.29 is 18.3 Å². The zero-order valence-electron chi connectivity index (χ0n) is 16.4. The number of carbonyl (C=O) groups is 1. The zero-order chi connectivity index (χ0) is 21.7. The Morgan fingerprint density at radius 1 is 0.933 bits per heavy atom. The zero-order valence-corrected chi connectivity index (χ0v) is 18.0. The van der Waals surface area contributed by atoms with E-state index in [0.717, 1.165) is 16.7 Å². The number of hydrogen-bond donors (Lipinski definition) is 2. The van der Waals surface area contributed by atoms with Crippen LogP contribution in [0.15, 0.2) is 77.7 Å². The van der Waals surface area contributed by atoms with Crippen molar-refractivity contribution in [3.8, 4) is 0 Å². The predicted molar refractivity (Wildman–Crippen MR) is 119 cm³/mol. The normalized spacial score (nSPS) is 12.3. The van der Waals surface area contributed by atoms with Crippen molar-refractivity contribution >= 4 is 33.3 Å². The van der Waals surface area contributed by atoms with Crippen molar-refractivity contribution in [3.05, 3.63) is 94.5 Å². The molecule has 0 aliphatic carbocycles. The van der Waals surface area contributed by atoms with Crippen molar-refractivity contribution in [2.24, 2.45) is 0 Å². The smallest absolute Gasteiger partial charge is 0.310 e. The van der Waals surface area contributed by atoms with Gasteiger partial charge >= 0.3 is 5.97 Å². The molecule has 0 bridgehead atoms. The summed E-state index contributed by atoms with van der Waals surface area (Å²) < 4.78 is 27.5. The molecule has 7 heteroatoms.